The second kappa shape index (κ2) is 7.44. The van der Waals surface area contributed by atoms with Crippen LogP contribution in [0.2, 0.25) is 0 Å². The van der Waals surface area contributed by atoms with Crippen LogP contribution < -0.4 is 5.73 Å². The predicted molar refractivity (Wildman–Crippen MR) is 70.5 cm³/mol. The van der Waals surface area contributed by atoms with Crippen molar-refractivity contribution in [2.75, 3.05) is 19.8 Å². The highest BCUT2D eigenvalue weighted by molar-refractivity contribution is 5.78. The van der Waals surface area contributed by atoms with Crippen LogP contribution in [0.5, 0.6) is 0 Å². The fourth-order valence-electron chi connectivity index (χ4n) is 2.06. The molecule has 1 aliphatic rings. The second-order valence-electron chi connectivity index (χ2n) is 4.52. The molecule has 0 unspecified atom stereocenters. The summed E-state index contributed by atoms with van der Waals surface area (Å²) >= 11 is 0. The SMILES string of the molecule is CCC(/C=N\CN1CCC(CC)CC1)=C/N. The molecule has 0 atom stereocenters. The number of nitrogens with two attached hydrogens (primary N) is 1. The Kier molecular flexibility index (Phi) is 6.16. The monoisotopic (exact) mass is 223 g/mol. The Balaban J connectivity index is 2.24. The summed E-state index contributed by atoms with van der Waals surface area (Å²) in [5.74, 6) is 0.940. The van der Waals surface area contributed by atoms with E-state index in [0.717, 1.165) is 24.6 Å². The van der Waals surface area contributed by atoms with Crippen molar-refractivity contribution >= 4 is 6.21 Å². The normalized spacial score (nSPS) is 20.8. The maximum Gasteiger partial charge on any atom is 0.0909 e. The van der Waals surface area contributed by atoms with Crippen LogP contribution in [-0.2, 0) is 0 Å². The fraction of sp³-hybridized carbons (Fsp3) is 0.769. The van der Waals surface area contributed by atoms with E-state index >= 15 is 0 Å². The van der Waals surface area contributed by atoms with Crippen molar-refractivity contribution in [3.05, 3.63) is 11.8 Å². The van der Waals surface area contributed by atoms with Gasteiger partial charge in [0.15, 0.2) is 0 Å². The van der Waals surface area contributed by atoms with Gasteiger partial charge in [-0.15, -0.1) is 0 Å². The zero-order valence-corrected chi connectivity index (χ0v) is 10.7. The van der Waals surface area contributed by atoms with E-state index in [9.17, 15) is 0 Å². The van der Waals surface area contributed by atoms with Crippen molar-refractivity contribution in [1.29, 1.82) is 0 Å². The zero-order chi connectivity index (χ0) is 11.8. The highest BCUT2D eigenvalue weighted by Gasteiger charge is 2.16. The van der Waals surface area contributed by atoms with Crippen molar-refractivity contribution in [3.8, 4) is 0 Å². The van der Waals surface area contributed by atoms with Crippen LogP contribution in [0.4, 0.5) is 0 Å². The van der Waals surface area contributed by atoms with Gasteiger partial charge in [0.05, 0.1) is 6.67 Å². The molecule has 0 aromatic heterocycles. The zero-order valence-electron chi connectivity index (χ0n) is 10.7. The number of likely N-dealkylation sites (tertiary alicyclic amines) is 1. The lowest BCUT2D eigenvalue weighted by Crippen LogP contribution is -2.33. The first-order valence-corrected chi connectivity index (χ1v) is 6.43. The first-order valence-electron chi connectivity index (χ1n) is 6.43. The summed E-state index contributed by atoms with van der Waals surface area (Å²) in [5.41, 5.74) is 6.59. The third kappa shape index (κ3) is 4.35. The molecular formula is C13H25N3. The van der Waals surface area contributed by atoms with Gasteiger partial charge in [-0.05, 0) is 37.0 Å². The minimum absolute atomic E-state index is 0.827. The van der Waals surface area contributed by atoms with Gasteiger partial charge in [-0.3, -0.25) is 9.89 Å². The molecule has 0 saturated carbocycles. The Morgan fingerprint density at radius 3 is 2.56 bits per heavy atom. The standard InChI is InChI=1S/C13H25N3/c1-3-12-5-7-16(8-6-12)11-15-10-13(4-2)9-14/h9-10,12H,3-8,11,14H2,1-2H3/b13-9-,15-10-. The number of aliphatic imine (C=N–C) groups is 1. The number of allylic oxidation sites excluding steroid dienone is 1. The molecule has 16 heavy (non-hydrogen) atoms. The van der Waals surface area contributed by atoms with Gasteiger partial charge in [-0.1, -0.05) is 20.3 Å². The van der Waals surface area contributed by atoms with Gasteiger partial charge in [0.1, 0.15) is 0 Å². The third-order valence-electron chi connectivity index (χ3n) is 3.45. The summed E-state index contributed by atoms with van der Waals surface area (Å²) in [4.78, 5) is 6.86. The van der Waals surface area contributed by atoms with Crippen LogP contribution in [-0.4, -0.2) is 30.9 Å². The highest BCUT2D eigenvalue weighted by atomic mass is 15.2. The number of hydrogen-bond donors (Lipinski definition) is 1. The van der Waals surface area contributed by atoms with Crippen LogP contribution in [0.25, 0.3) is 0 Å². The van der Waals surface area contributed by atoms with Crippen molar-refractivity contribution in [3.63, 3.8) is 0 Å². The molecule has 0 bridgehead atoms. The maximum atomic E-state index is 5.47. The number of rotatable bonds is 5. The summed E-state index contributed by atoms with van der Waals surface area (Å²) in [7, 11) is 0. The van der Waals surface area contributed by atoms with E-state index in [1.807, 2.05) is 6.21 Å². The first-order chi connectivity index (χ1) is 7.80. The number of hydrogen-bond acceptors (Lipinski definition) is 3. The number of piperidine rings is 1. The van der Waals surface area contributed by atoms with Crippen LogP contribution in [0, 0.1) is 5.92 Å². The smallest absolute Gasteiger partial charge is 0.0909 e. The van der Waals surface area contributed by atoms with E-state index < -0.39 is 0 Å². The summed E-state index contributed by atoms with van der Waals surface area (Å²) in [6.45, 7) is 7.61. The van der Waals surface area contributed by atoms with Crippen molar-refractivity contribution in [1.82, 2.24) is 4.90 Å². The Bertz CT molecular complexity index is 238. The van der Waals surface area contributed by atoms with Gasteiger partial charge in [0, 0.05) is 19.3 Å². The molecule has 3 nitrogen and oxygen atoms in total. The van der Waals surface area contributed by atoms with E-state index in [0.29, 0.717) is 0 Å². The van der Waals surface area contributed by atoms with Crippen molar-refractivity contribution < 1.29 is 0 Å². The van der Waals surface area contributed by atoms with Crippen LogP contribution in [0.1, 0.15) is 39.5 Å². The summed E-state index contributed by atoms with van der Waals surface area (Å²) in [6, 6.07) is 0. The Morgan fingerprint density at radius 2 is 2.06 bits per heavy atom. The summed E-state index contributed by atoms with van der Waals surface area (Å²) in [5, 5.41) is 0. The van der Waals surface area contributed by atoms with E-state index in [1.165, 1.54) is 32.4 Å². The largest absolute Gasteiger partial charge is 0.404 e. The summed E-state index contributed by atoms with van der Waals surface area (Å²) in [6.07, 6.45) is 8.50. The topological polar surface area (TPSA) is 41.6 Å². The highest BCUT2D eigenvalue weighted by Crippen LogP contribution is 2.19. The third-order valence-corrected chi connectivity index (χ3v) is 3.45. The van der Waals surface area contributed by atoms with Crippen molar-refractivity contribution in [2.24, 2.45) is 16.6 Å². The molecule has 1 heterocycles. The van der Waals surface area contributed by atoms with E-state index in [-0.39, 0.29) is 0 Å². The number of nitrogens with zero attached hydrogens (tertiary/aromatic N) is 2. The molecule has 2 N–H and O–H groups in total. The van der Waals surface area contributed by atoms with Crippen LogP contribution >= 0.6 is 0 Å². The van der Waals surface area contributed by atoms with Crippen LogP contribution in [0.3, 0.4) is 0 Å². The minimum Gasteiger partial charge on any atom is -0.404 e. The van der Waals surface area contributed by atoms with Gasteiger partial charge >= 0.3 is 0 Å². The van der Waals surface area contributed by atoms with Gasteiger partial charge in [0.2, 0.25) is 0 Å². The second-order valence-corrected chi connectivity index (χ2v) is 4.52. The lowest BCUT2D eigenvalue weighted by Gasteiger charge is -2.30. The molecule has 0 aromatic rings. The molecule has 1 rings (SSSR count). The molecule has 1 saturated heterocycles. The lowest BCUT2D eigenvalue weighted by atomic mass is 9.95. The average Bonchev–Trinajstić information content (AvgIpc) is 2.35. The molecular weight excluding hydrogens is 198 g/mol. The molecule has 0 radical (unpaired) electrons. The molecule has 1 aliphatic heterocycles. The molecule has 1 fully saturated rings. The van der Waals surface area contributed by atoms with Crippen LogP contribution in [0.15, 0.2) is 16.8 Å². The van der Waals surface area contributed by atoms with E-state index in [2.05, 4.69) is 23.7 Å². The molecule has 0 aromatic carbocycles. The Labute approximate surface area is 99.4 Å². The average molecular weight is 223 g/mol. The van der Waals surface area contributed by atoms with Crippen molar-refractivity contribution in [2.45, 2.75) is 39.5 Å². The van der Waals surface area contributed by atoms with E-state index in [1.54, 1.807) is 6.20 Å². The van der Waals surface area contributed by atoms with Gasteiger partial charge in [0.25, 0.3) is 0 Å². The predicted octanol–water partition coefficient (Wildman–Crippen LogP) is 2.39. The van der Waals surface area contributed by atoms with E-state index in [4.69, 9.17) is 5.73 Å². The maximum absolute atomic E-state index is 5.47. The Hall–Kier alpha value is -0.830. The molecule has 92 valence electrons. The molecule has 3 heteroatoms. The Morgan fingerprint density at radius 1 is 1.38 bits per heavy atom. The molecule has 0 spiro atoms. The minimum atomic E-state index is 0.827. The molecule has 0 aliphatic carbocycles. The van der Waals surface area contributed by atoms with Gasteiger partial charge < -0.3 is 5.73 Å². The summed E-state index contributed by atoms with van der Waals surface area (Å²) < 4.78 is 0. The van der Waals surface area contributed by atoms with Gasteiger partial charge in [-0.2, -0.15) is 0 Å². The fourth-order valence-corrected chi connectivity index (χ4v) is 2.06. The van der Waals surface area contributed by atoms with Gasteiger partial charge in [-0.25, -0.2) is 0 Å². The molecule has 0 amide bonds. The first kappa shape index (κ1) is 13.2. The lowest BCUT2D eigenvalue weighted by molar-refractivity contribution is 0.187. The quantitative estimate of drug-likeness (QED) is 0.727.